The van der Waals surface area contributed by atoms with Crippen LogP contribution in [0.4, 0.5) is 4.79 Å². The number of amides is 1. The van der Waals surface area contributed by atoms with Gasteiger partial charge in [-0.15, -0.1) is 0 Å². The van der Waals surface area contributed by atoms with Crippen molar-refractivity contribution in [1.82, 2.24) is 15.1 Å². The molecule has 5 nitrogen and oxygen atoms in total. The van der Waals surface area contributed by atoms with Crippen LogP contribution in [0.2, 0.25) is 0 Å². The number of ether oxygens (including phenoxy) is 1. The van der Waals surface area contributed by atoms with Gasteiger partial charge in [0, 0.05) is 45.8 Å². The second-order valence-electron chi connectivity index (χ2n) is 7.43. The molecule has 2 aliphatic heterocycles. The second-order valence-corrected chi connectivity index (χ2v) is 7.43. The number of piperidine rings is 1. The van der Waals surface area contributed by atoms with Crippen molar-refractivity contribution in [2.24, 2.45) is 17.8 Å². The van der Waals surface area contributed by atoms with Gasteiger partial charge in [-0.05, 0) is 38.5 Å². The van der Waals surface area contributed by atoms with Gasteiger partial charge < -0.3 is 19.9 Å². The molecule has 5 heteroatoms. The van der Waals surface area contributed by atoms with E-state index < -0.39 is 0 Å². The third-order valence-corrected chi connectivity index (χ3v) is 4.70. The maximum Gasteiger partial charge on any atom is 0.410 e. The highest BCUT2D eigenvalue weighted by atomic mass is 16.6. The van der Waals surface area contributed by atoms with Crippen molar-refractivity contribution in [2.45, 2.75) is 26.4 Å². The van der Waals surface area contributed by atoms with E-state index in [2.05, 4.69) is 10.2 Å². The van der Waals surface area contributed by atoms with Gasteiger partial charge in [-0.3, -0.25) is 0 Å². The Labute approximate surface area is 121 Å². The minimum Gasteiger partial charge on any atom is -0.444 e. The fourth-order valence-electron chi connectivity index (χ4n) is 3.59. The minimum absolute atomic E-state index is 0.134. The Morgan fingerprint density at radius 1 is 1.20 bits per heavy atom. The summed E-state index contributed by atoms with van der Waals surface area (Å²) in [6, 6.07) is 0. The molecule has 0 aromatic heterocycles. The summed E-state index contributed by atoms with van der Waals surface area (Å²) >= 11 is 0. The zero-order valence-electron chi connectivity index (χ0n) is 12.9. The molecule has 1 N–H and O–H groups in total. The van der Waals surface area contributed by atoms with Crippen molar-refractivity contribution in [3.05, 3.63) is 0 Å². The Hall–Kier alpha value is -0.810. The van der Waals surface area contributed by atoms with E-state index in [1.54, 1.807) is 0 Å². The van der Waals surface area contributed by atoms with E-state index in [1.165, 1.54) is 19.6 Å². The molecule has 1 amide bonds. The smallest absolute Gasteiger partial charge is 0.410 e. The van der Waals surface area contributed by atoms with E-state index in [1.807, 2.05) is 25.7 Å². The molecular weight excluding hydrogens is 254 g/mol. The number of fused-ring (bicyclic) bond motifs is 1. The lowest BCUT2D eigenvalue weighted by molar-refractivity contribution is 0.0261. The van der Waals surface area contributed by atoms with Crippen LogP contribution in [0, 0.1) is 17.8 Å². The molecule has 2 saturated heterocycles. The number of nitrogens with zero attached hydrogens (tertiary/aromatic N) is 2. The highest BCUT2D eigenvalue weighted by molar-refractivity contribution is 5.69. The van der Waals surface area contributed by atoms with Gasteiger partial charge in [0.05, 0.1) is 0 Å². The lowest BCUT2D eigenvalue weighted by Crippen LogP contribution is -2.45. The fourth-order valence-corrected chi connectivity index (χ4v) is 3.59. The average molecular weight is 281 g/mol. The molecule has 1 unspecified atom stereocenters. The van der Waals surface area contributed by atoms with Crippen molar-refractivity contribution < 1.29 is 9.53 Å². The molecule has 3 atom stereocenters. The Morgan fingerprint density at radius 3 is 2.35 bits per heavy atom. The zero-order chi connectivity index (χ0) is 14.3. The summed E-state index contributed by atoms with van der Waals surface area (Å²) in [6.07, 6.45) is -0.134. The van der Waals surface area contributed by atoms with Crippen LogP contribution in [0.1, 0.15) is 20.8 Å². The minimum atomic E-state index is -0.385. The monoisotopic (exact) mass is 281 g/mol. The Kier molecular flexibility index (Phi) is 3.67. The summed E-state index contributed by atoms with van der Waals surface area (Å²) in [5, 5.41) is 3.39. The number of likely N-dealkylation sites (tertiary alicyclic amines) is 1. The predicted molar refractivity (Wildman–Crippen MR) is 77.6 cm³/mol. The van der Waals surface area contributed by atoms with Crippen LogP contribution in [0.3, 0.4) is 0 Å². The van der Waals surface area contributed by atoms with Gasteiger partial charge in [0.25, 0.3) is 0 Å². The summed E-state index contributed by atoms with van der Waals surface area (Å²) in [4.78, 5) is 16.5. The number of carbonyl (C=O) groups excluding carboxylic acids is 1. The van der Waals surface area contributed by atoms with Crippen LogP contribution >= 0.6 is 0 Å². The maximum absolute atomic E-state index is 12.0. The van der Waals surface area contributed by atoms with Gasteiger partial charge in [0.2, 0.25) is 0 Å². The number of piperazine rings is 1. The molecular formula is C15H27N3O2. The molecule has 0 spiro atoms. The second kappa shape index (κ2) is 5.19. The first-order valence-corrected chi connectivity index (χ1v) is 7.85. The molecule has 3 fully saturated rings. The lowest BCUT2D eigenvalue weighted by Gasteiger charge is -2.29. The van der Waals surface area contributed by atoms with E-state index in [-0.39, 0.29) is 11.7 Å². The van der Waals surface area contributed by atoms with Gasteiger partial charge >= 0.3 is 6.09 Å². The first-order chi connectivity index (χ1) is 9.44. The third-order valence-electron chi connectivity index (χ3n) is 4.70. The molecule has 3 aliphatic rings. The van der Waals surface area contributed by atoms with Gasteiger partial charge in [-0.2, -0.15) is 0 Å². The molecule has 0 radical (unpaired) electrons. The van der Waals surface area contributed by atoms with Crippen molar-refractivity contribution in [1.29, 1.82) is 0 Å². The quantitative estimate of drug-likeness (QED) is 0.820. The van der Waals surface area contributed by atoms with Crippen LogP contribution in [0.5, 0.6) is 0 Å². The molecule has 3 rings (SSSR count). The van der Waals surface area contributed by atoms with Crippen LogP contribution in [0.15, 0.2) is 0 Å². The predicted octanol–water partition coefficient (Wildman–Crippen LogP) is 1.00. The highest BCUT2D eigenvalue weighted by Crippen LogP contribution is 2.52. The van der Waals surface area contributed by atoms with Crippen LogP contribution < -0.4 is 5.32 Å². The number of rotatable bonds is 2. The first kappa shape index (κ1) is 14.1. The molecule has 20 heavy (non-hydrogen) atoms. The van der Waals surface area contributed by atoms with E-state index in [0.29, 0.717) is 0 Å². The third kappa shape index (κ3) is 3.09. The molecule has 0 aromatic rings. The summed E-state index contributed by atoms with van der Waals surface area (Å²) in [6.45, 7) is 13.4. The highest BCUT2D eigenvalue weighted by Gasteiger charge is 2.57. The number of nitrogens with one attached hydrogen (secondary N) is 1. The number of hydrogen-bond donors (Lipinski definition) is 1. The standard InChI is InChI=1S/C15H27N3O2/c1-15(2,3)20-14(19)18-9-12-11(13(12)10-18)8-17-6-4-16-5-7-17/h11-13,16H,4-10H2,1-3H3/t11?,12-,13+. The number of carbonyl (C=O) groups is 1. The van der Waals surface area contributed by atoms with Crippen molar-refractivity contribution in [2.75, 3.05) is 45.8 Å². The normalized spacial score (nSPS) is 34.0. The first-order valence-electron chi connectivity index (χ1n) is 7.85. The number of hydrogen-bond acceptors (Lipinski definition) is 4. The topological polar surface area (TPSA) is 44.8 Å². The molecule has 0 aromatic carbocycles. The maximum atomic E-state index is 12.0. The van der Waals surface area contributed by atoms with Gasteiger partial charge in [0.1, 0.15) is 5.60 Å². The van der Waals surface area contributed by atoms with E-state index in [4.69, 9.17) is 4.74 Å². The summed E-state index contributed by atoms with van der Waals surface area (Å²) in [5.74, 6) is 2.25. The fraction of sp³-hybridized carbons (Fsp3) is 0.933. The van der Waals surface area contributed by atoms with Crippen molar-refractivity contribution >= 4 is 6.09 Å². The molecule has 114 valence electrons. The summed E-state index contributed by atoms with van der Waals surface area (Å²) < 4.78 is 5.44. The Balaban J connectivity index is 1.42. The van der Waals surface area contributed by atoms with E-state index in [0.717, 1.165) is 43.9 Å². The molecule has 0 bridgehead atoms. The van der Waals surface area contributed by atoms with Gasteiger partial charge in [-0.25, -0.2) is 4.79 Å². The lowest BCUT2D eigenvalue weighted by atomic mass is 10.2. The molecule has 1 aliphatic carbocycles. The van der Waals surface area contributed by atoms with Gasteiger partial charge in [-0.1, -0.05) is 0 Å². The van der Waals surface area contributed by atoms with E-state index >= 15 is 0 Å². The average Bonchev–Trinajstić information content (AvgIpc) is 2.84. The molecule has 2 heterocycles. The van der Waals surface area contributed by atoms with Gasteiger partial charge in [0.15, 0.2) is 0 Å². The Morgan fingerprint density at radius 2 is 1.80 bits per heavy atom. The summed E-state index contributed by atoms with van der Waals surface area (Å²) in [5.41, 5.74) is -0.385. The van der Waals surface area contributed by atoms with Crippen molar-refractivity contribution in [3.8, 4) is 0 Å². The largest absolute Gasteiger partial charge is 0.444 e. The van der Waals surface area contributed by atoms with Crippen LogP contribution in [0.25, 0.3) is 0 Å². The zero-order valence-corrected chi connectivity index (χ0v) is 12.9. The van der Waals surface area contributed by atoms with Crippen LogP contribution in [-0.2, 0) is 4.74 Å². The Bertz CT molecular complexity index is 362. The van der Waals surface area contributed by atoms with Crippen LogP contribution in [-0.4, -0.2) is 67.3 Å². The summed E-state index contributed by atoms with van der Waals surface area (Å²) in [7, 11) is 0. The van der Waals surface area contributed by atoms with Crippen molar-refractivity contribution in [3.63, 3.8) is 0 Å². The molecule has 1 saturated carbocycles. The van der Waals surface area contributed by atoms with E-state index in [9.17, 15) is 4.79 Å². The SMILES string of the molecule is CC(C)(C)OC(=O)N1C[C@@H]2C(CN3CCNCC3)[C@@H]2C1.